The van der Waals surface area contributed by atoms with Crippen LogP contribution in [0, 0.1) is 0 Å². The molecule has 2 aliphatic rings. The number of aromatic nitrogens is 1. The van der Waals surface area contributed by atoms with Crippen molar-refractivity contribution < 1.29 is 9.53 Å². The molecule has 0 radical (unpaired) electrons. The lowest BCUT2D eigenvalue weighted by molar-refractivity contribution is -0.114. The van der Waals surface area contributed by atoms with Gasteiger partial charge in [-0.05, 0) is 50.7 Å². The van der Waals surface area contributed by atoms with Gasteiger partial charge >= 0.3 is 0 Å². The summed E-state index contributed by atoms with van der Waals surface area (Å²) in [7, 11) is 2.15. The van der Waals surface area contributed by atoms with Gasteiger partial charge in [-0.2, -0.15) is 0 Å². The standard InChI is InChI=1S/C23H32N6O2S/c1-28-8-10-29(11-9-28)23-21(31-16-18-5-3-7-25-18)13-20(15-26-23)32-19-6-2-4-17(12-19)27-22(30)14-24/h2,4,6,12-13,15,18,25H,3,5,7-11,14,16,24H2,1H3,(H,27,30). The molecule has 0 spiro atoms. The van der Waals surface area contributed by atoms with Crippen molar-refractivity contribution in [2.24, 2.45) is 5.73 Å². The third kappa shape index (κ3) is 6.13. The van der Waals surface area contributed by atoms with E-state index >= 15 is 0 Å². The molecule has 2 aliphatic heterocycles. The van der Waals surface area contributed by atoms with Gasteiger partial charge in [0.25, 0.3) is 0 Å². The van der Waals surface area contributed by atoms with E-state index in [1.165, 1.54) is 6.42 Å². The number of likely N-dealkylation sites (N-methyl/N-ethyl adjacent to an activating group) is 1. The van der Waals surface area contributed by atoms with Gasteiger partial charge in [0.15, 0.2) is 11.6 Å². The molecule has 3 heterocycles. The van der Waals surface area contributed by atoms with Gasteiger partial charge in [-0.3, -0.25) is 4.79 Å². The van der Waals surface area contributed by atoms with Crippen LogP contribution in [0.25, 0.3) is 0 Å². The molecular weight excluding hydrogens is 424 g/mol. The highest BCUT2D eigenvalue weighted by Crippen LogP contribution is 2.35. The van der Waals surface area contributed by atoms with Gasteiger partial charge in [-0.15, -0.1) is 0 Å². The van der Waals surface area contributed by atoms with E-state index in [2.05, 4.69) is 33.5 Å². The smallest absolute Gasteiger partial charge is 0.238 e. The maximum Gasteiger partial charge on any atom is 0.238 e. The molecule has 0 bridgehead atoms. The third-order valence-electron chi connectivity index (χ3n) is 5.75. The second kappa shape index (κ2) is 11.0. The Morgan fingerprint density at radius 1 is 1.28 bits per heavy atom. The van der Waals surface area contributed by atoms with Crippen LogP contribution < -0.4 is 26.0 Å². The number of benzene rings is 1. The molecule has 4 rings (SSSR count). The SMILES string of the molecule is CN1CCN(c2ncc(Sc3cccc(NC(=O)CN)c3)cc2OCC2CCCN2)CC1. The van der Waals surface area contributed by atoms with Crippen molar-refractivity contribution in [2.45, 2.75) is 28.7 Å². The van der Waals surface area contributed by atoms with E-state index in [0.717, 1.165) is 66.2 Å². The van der Waals surface area contributed by atoms with Gasteiger partial charge in [0.1, 0.15) is 6.61 Å². The zero-order chi connectivity index (χ0) is 22.3. The van der Waals surface area contributed by atoms with Crippen LogP contribution in [0.1, 0.15) is 12.8 Å². The molecule has 172 valence electrons. The minimum atomic E-state index is -0.207. The Balaban J connectivity index is 1.51. The van der Waals surface area contributed by atoms with Gasteiger partial charge in [-0.1, -0.05) is 17.8 Å². The number of pyridine rings is 1. The maximum absolute atomic E-state index is 11.6. The molecule has 2 saturated heterocycles. The summed E-state index contributed by atoms with van der Waals surface area (Å²) in [6, 6.07) is 10.2. The molecule has 8 nitrogen and oxygen atoms in total. The topological polar surface area (TPSA) is 95.8 Å². The number of nitrogens with one attached hydrogen (secondary N) is 2. The average molecular weight is 457 g/mol. The van der Waals surface area contributed by atoms with Gasteiger partial charge in [0.2, 0.25) is 5.91 Å². The highest BCUT2D eigenvalue weighted by Gasteiger charge is 2.21. The molecule has 9 heteroatoms. The number of nitrogens with zero attached hydrogens (tertiary/aromatic N) is 3. The molecule has 1 unspecified atom stereocenters. The quantitative estimate of drug-likeness (QED) is 0.555. The summed E-state index contributed by atoms with van der Waals surface area (Å²) >= 11 is 1.60. The molecule has 1 aromatic carbocycles. The highest BCUT2D eigenvalue weighted by molar-refractivity contribution is 7.99. The van der Waals surface area contributed by atoms with E-state index in [9.17, 15) is 4.79 Å². The number of nitrogens with two attached hydrogens (primary N) is 1. The Morgan fingerprint density at radius 2 is 2.12 bits per heavy atom. The minimum Gasteiger partial charge on any atom is -0.488 e. The van der Waals surface area contributed by atoms with Gasteiger partial charge in [0, 0.05) is 53.9 Å². The molecule has 1 aromatic heterocycles. The first-order valence-corrected chi connectivity index (χ1v) is 12.0. The predicted octanol–water partition coefficient (Wildman–Crippen LogP) is 2.01. The Hall–Kier alpha value is -2.33. The number of piperazine rings is 1. The van der Waals surface area contributed by atoms with Crippen LogP contribution in [0.2, 0.25) is 0 Å². The zero-order valence-corrected chi connectivity index (χ0v) is 19.4. The lowest BCUT2D eigenvalue weighted by atomic mass is 10.2. The summed E-state index contributed by atoms with van der Waals surface area (Å²) in [6.45, 7) is 5.59. The monoisotopic (exact) mass is 456 g/mol. The Morgan fingerprint density at radius 3 is 2.88 bits per heavy atom. The maximum atomic E-state index is 11.6. The second-order valence-corrected chi connectivity index (χ2v) is 9.42. The second-order valence-electron chi connectivity index (χ2n) is 8.27. The van der Waals surface area contributed by atoms with E-state index in [1.54, 1.807) is 11.8 Å². The highest BCUT2D eigenvalue weighted by atomic mass is 32.2. The number of amides is 1. The van der Waals surface area contributed by atoms with Crippen LogP contribution in [0.5, 0.6) is 5.75 Å². The fraction of sp³-hybridized carbons (Fsp3) is 0.478. The molecule has 2 aromatic rings. The van der Waals surface area contributed by atoms with Crippen LogP contribution in [0.15, 0.2) is 46.3 Å². The van der Waals surface area contributed by atoms with Crippen LogP contribution in [0.3, 0.4) is 0 Å². The normalized spacial score (nSPS) is 19.2. The Labute approximate surface area is 193 Å². The molecule has 32 heavy (non-hydrogen) atoms. The summed E-state index contributed by atoms with van der Waals surface area (Å²) in [4.78, 5) is 23.1. The van der Waals surface area contributed by atoms with Crippen molar-refractivity contribution in [3.63, 3.8) is 0 Å². The van der Waals surface area contributed by atoms with E-state index in [-0.39, 0.29) is 12.5 Å². The van der Waals surface area contributed by atoms with Crippen molar-refractivity contribution in [2.75, 3.05) is 63.1 Å². The molecule has 1 amide bonds. The van der Waals surface area contributed by atoms with E-state index in [4.69, 9.17) is 15.5 Å². The average Bonchev–Trinajstić information content (AvgIpc) is 3.32. The van der Waals surface area contributed by atoms with Crippen molar-refractivity contribution in [1.29, 1.82) is 0 Å². The van der Waals surface area contributed by atoms with Gasteiger partial charge in [0.05, 0.1) is 6.54 Å². The summed E-state index contributed by atoms with van der Waals surface area (Å²) in [5, 5.41) is 6.30. The van der Waals surface area contributed by atoms with Crippen molar-refractivity contribution in [3.8, 4) is 5.75 Å². The van der Waals surface area contributed by atoms with Crippen LogP contribution in [0.4, 0.5) is 11.5 Å². The van der Waals surface area contributed by atoms with E-state index in [0.29, 0.717) is 12.6 Å². The molecule has 2 fully saturated rings. The van der Waals surface area contributed by atoms with Crippen LogP contribution in [-0.2, 0) is 4.79 Å². The summed E-state index contributed by atoms with van der Waals surface area (Å²) in [5.74, 6) is 1.55. The van der Waals surface area contributed by atoms with Gasteiger partial charge in [-0.25, -0.2) is 4.98 Å². The van der Waals surface area contributed by atoms with Crippen LogP contribution >= 0.6 is 11.8 Å². The van der Waals surface area contributed by atoms with Crippen LogP contribution in [-0.4, -0.2) is 74.8 Å². The van der Waals surface area contributed by atoms with Crippen molar-refractivity contribution in [1.82, 2.24) is 15.2 Å². The lowest BCUT2D eigenvalue weighted by Crippen LogP contribution is -2.45. The van der Waals surface area contributed by atoms with Crippen molar-refractivity contribution >= 4 is 29.2 Å². The first kappa shape index (κ1) is 22.8. The summed E-state index contributed by atoms with van der Waals surface area (Å²) < 4.78 is 6.31. The van der Waals surface area contributed by atoms with Crippen molar-refractivity contribution in [3.05, 3.63) is 36.5 Å². The first-order valence-electron chi connectivity index (χ1n) is 11.2. The number of ether oxygens (including phenoxy) is 1. The van der Waals surface area contributed by atoms with Gasteiger partial charge < -0.3 is 30.9 Å². The molecular formula is C23H32N6O2S. The van der Waals surface area contributed by atoms with E-state index in [1.807, 2.05) is 30.5 Å². The van der Waals surface area contributed by atoms with E-state index < -0.39 is 0 Å². The third-order valence-corrected chi connectivity index (χ3v) is 6.70. The molecule has 0 aliphatic carbocycles. The summed E-state index contributed by atoms with van der Waals surface area (Å²) in [5.41, 5.74) is 6.14. The predicted molar refractivity (Wildman–Crippen MR) is 129 cm³/mol. The largest absolute Gasteiger partial charge is 0.488 e. The number of anilines is 2. The summed E-state index contributed by atoms with van der Waals surface area (Å²) in [6.07, 6.45) is 4.25. The number of hydrogen-bond acceptors (Lipinski definition) is 8. The zero-order valence-electron chi connectivity index (χ0n) is 18.5. The lowest BCUT2D eigenvalue weighted by Gasteiger charge is -2.34. The minimum absolute atomic E-state index is 0.0361. The number of hydrogen-bond donors (Lipinski definition) is 3. The molecule has 4 N–H and O–H groups in total. The Kier molecular flexibility index (Phi) is 7.85. The molecule has 1 atom stereocenters. The fourth-order valence-electron chi connectivity index (χ4n) is 3.91. The number of carbonyl (C=O) groups excluding carboxylic acids is 1. The Bertz CT molecular complexity index is 913. The number of carbonyl (C=O) groups is 1. The first-order chi connectivity index (χ1) is 15.6. The number of rotatable bonds is 8. The fourth-order valence-corrected chi connectivity index (χ4v) is 4.79. The molecule has 0 saturated carbocycles.